The number of rotatable bonds is 4. The van der Waals surface area contributed by atoms with Crippen LogP contribution in [0.25, 0.3) is 0 Å². The molecule has 10 heteroatoms. The van der Waals surface area contributed by atoms with Crippen molar-refractivity contribution < 1.29 is 27.4 Å². The molecule has 0 aromatic heterocycles. The van der Waals surface area contributed by atoms with Crippen LogP contribution in [0.5, 0.6) is 0 Å². The second kappa shape index (κ2) is 4.69. The van der Waals surface area contributed by atoms with E-state index in [1.54, 1.807) is 0 Å². The van der Waals surface area contributed by atoms with Crippen molar-refractivity contribution in [3.63, 3.8) is 0 Å². The summed E-state index contributed by atoms with van der Waals surface area (Å²) in [6.45, 7) is 2.82. The van der Waals surface area contributed by atoms with Gasteiger partial charge in [-0.3, -0.25) is 20.2 Å². The maximum Gasteiger partial charge on any atom is 0.342 e. The predicted molar refractivity (Wildman–Crippen MR) is 58.7 cm³/mol. The Morgan fingerprint density at radius 2 is 1.60 bits per heavy atom. The zero-order valence-electron chi connectivity index (χ0n) is 9.90. The maximum atomic E-state index is 13.6. The molecule has 6 nitrogen and oxygen atoms in total. The number of halogens is 4. The molecule has 0 amide bonds. The van der Waals surface area contributed by atoms with Crippen molar-refractivity contribution in [2.45, 2.75) is 18.8 Å². The van der Waals surface area contributed by atoms with Crippen LogP contribution in [0.1, 0.15) is 11.1 Å². The minimum absolute atomic E-state index is 0.210. The van der Waals surface area contributed by atoms with E-state index in [9.17, 15) is 37.8 Å². The monoisotopic (exact) mass is 295 g/mol. The van der Waals surface area contributed by atoms with Gasteiger partial charge in [0, 0.05) is 13.0 Å². The average molecular weight is 295 g/mol. The van der Waals surface area contributed by atoms with Gasteiger partial charge in [-0.05, 0) is 12.5 Å². The molecule has 1 aromatic rings. The van der Waals surface area contributed by atoms with Crippen molar-refractivity contribution in [1.82, 2.24) is 0 Å². The first kappa shape index (κ1) is 15.8. The molecule has 1 aromatic carbocycles. The number of aryl methyl sites for hydroxylation is 1. The van der Waals surface area contributed by atoms with Crippen LogP contribution in [0.2, 0.25) is 0 Å². The van der Waals surface area contributed by atoms with Gasteiger partial charge in [-0.2, -0.15) is 17.6 Å². The Morgan fingerprint density at radius 3 is 1.95 bits per heavy atom. The summed E-state index contributed by atoms with van der Waals surface area (Å²) in [6.07, 6.45) is 0. The van der Waals surface area contributed by atoms with Crippen LogP contribution in [-0.2, 0) is 5.92 Å². The Labute approximate surface area is 109 Å². The number of alkyl halides is 4. The molecule has 0 spiro atoms. The van der Waals surface area contributed by atoms with Crippen molar-refractivity contribution in [1.29, 1.82) is 0 Å². The smallest absolute Gasteiger partial charge is 0.258 e. The highest BCUT2D eigenvalue weighted by Gasteiger charge is 2.57. The first-order valence-electron chi connectivity index (χ1n) is 4.94. The van der Waals surface area contributed by atoms with Gasteiger partial charge in [0.25, 0.3) is 11.4 Å². The van der Waals surface area contributed by atoms with Gasteiger partial charge in [0.15, 0.2) is 0 Å². The molecule has 0 saturated carbocycles. The third-order valence-corrected chi connectivity index (χ3v) is 2.48. The highest BCUT2D eigenvalue weighted by atomic mass is 19.3. The van der Waals surface area contributed by atoms with Gasteiger partial charge in [0.2, 0.25) is 0 Å². The summed E-state index contributed by atoms with van der Waals surface area (Å²) in [4.78, 5) is 18.8. The lowest BCUT2D eigenvalue weighted by molar-refractivity contribution is -0.396. The molecule has 0 atom stereocenters. The topological polar surface area (TPSA) is 86.3 Å². The van der Waals surface area contributed by atoms with Gasteiger partial charge in [-0.1, -0.05) is 0 Å². The van der Waals surface area contributed by atoms with Gasteiger partial charge in [0.05, 0.1) is 15.9 Å². The molecule has 0 aliphatic heterocycles. The van der Waals surface area contributed by atoms with Crippen LogP contribution < -0.4 is 0 Å². The molecule has 1 radical (unpaired) electrons. The molecule has 0 aliphatic rings. The highest BCUT2D eigenvalue weighted by Crippen LogP contribution is 2.47. The van der Waals surface area contributed by atoms with Crippen LogP contribution in [0.3, 0.4) is 0 Å². The zero-order valence-corrected chi connectivity index (χ0v) is 9.90. The third-order valence-electron chi connectivity index (χ3n) is 2.48. The second-order valence-electron chi connectivity index (χ2n) is 3.95. The van der Waals surface area contributed by atoms with Crippen molar-refractivity contribution in [2.24, 2.45) is 0 Å². The fraction of sp³-hybridized carbons (Fsp3) is 0.300. The lowest BCUT2D eigenvalue weighted by Crippen LogP contribution is -2.36. The van der Waals surface area contributed by atoms with Crippen LogP contribution in [0.15, 0.2) is 12.1 Å². The molecule has 0 aliphatic carbocycles. The Hall–Kier alpha value is -2.26. The quantitative estimate of drug-likeness (QED) is 0.484. The molecule has 0 heterocycles. The van der Waals surface area contributed by atoms with E-state index in [1.165, 1.54) is 0 Å². The van der Waals surface area contributed by atoms with Gasteiger partial charge >= 0.3 is 11.8 Å². The molecule has 0 N–H and O–H groups in total. The van der Waals surface area contributed by atoms with Gasteiger partial charge in [-0.25, -0.2) is 0 Å². The van der Waals surface area contributed by atoms with Gasteiger partial charge in [-0.15, -0.1) is 0 Å². The molecule has 0 saturated heterocycles. The largest absolute Gasteiger partial charge is 0.342 e. The summed E-state index contributed by atoms with van der Waals surface area (Å²) in [5, 5.41) is 21.2. The SMILES string of the molecule is [CH2]C(F)(F)C(F)(F)c1c(C)cc([N+](=O)[O-])cc1[N+](=O)[O-]. The summed E-state index contributed by atoms with van der Waals surface area (Å²) < 4.78 is 52.9. The number of benzene rings is 1. The summed E-state index contributed by atoms with van der Waals surface area (Å²) in [5.74, 6) is -9.74. The third kappa shape index (κ3) is 2.53. The van der Waals surface area contributed by atoms with E-state index in [0.29, 0.717) is 6.07 Å². The van der Waals surface area contributed by atoms with E-state index in [4.69, 9.17) is 0 Å². The first-order chi connectivity index (χ1) is 8.89. The number of hydrogen-bond acceptors (Lipinski definition) is 4. The number of non-ortho nitro benzene ring substituents is 1. The van der Waals surface area contributed by atoms with E-state index in [0.717, 1.165) is 6.92 Å². The number of nitro groups is 2. The van der Waals surface area contributed by atoms with Gasteiger partial charge in [0.1, 0.15) is 5.56 Å². The van der Waals surface area contributed by atoms with Gasteiger partial charge < -0.3 is 0 Å². The molecule has 0 fully saturated rings. The molecule has 109 valence electrons. The molecular weight excluding hydrogens is 288 g/mol. The van der Waals surface area contributed by atoms with Crippen molar-refractivity contribution >= 4 is 11.4 Å². The number of nitrogens with zero attached hydrogens (tertiary/aromatic N) is 2. The Bertz CT molecular complexity index is 583. The molecule has 20 heavy (non-hydrogen) atoms. The highest BCUT2D eigenvalue weighted by molar-refractivity contribution is 5.56. The molecule has 1 rings (SSSR count). The van der Waals surface area contributed by atoms with Crippen molar-refractivity contribution in [3.05, 3.63) is 50.4 Å². The van der Waals surface area contributed by atoms with Crippen LogP contribution >= 0.6 is 0 Å². The molecule has 0 bridgehead atoms. The fourth-order valence-electron chi connectivity index (χ4n) is 1.59. The predicted octanol–water partition coefficient (Wildman–Crippen LogP) is 3.37. The van der Waals surface area contributed by atoms with Crippen LogP contribution in [0.4, 0.5) is 28.9 Å². The minimum atomic E-state index is -4.94. The summed E-state index contributed by atoms with van der Waals surface area (Å²) in [5.41, 5.74) is -4.58. The summed E-state index contributed by atoms with van der Waals surface area (Å²) >= 11 is 0. The average Bonchev–Trinajstić information content (AvgIpc) is 2.25. The Balaban J connectivity index is 3.71. The van der Waals surface area contributed by atoms with E-state index in [1.807, 2.05) is 6.92 Å². The fourth-order valence-corrected chi connectivity index (χ4v) is 1.59. The van der Waals surface area contributed by atoms with Crippen molar-refractivity contribution in [2.75, 3.05) is 0 Å². The van der Waals surface area contributed by atoms with Crippen LogP contribution in [0, 0.1) is 34.1 Å². The zero-order chi connectivity index (χ0) is 15.9. The number of hydrogen-bond donors (Lipinski definition) is 0. The summed E-state index contributed by atoms with van der Waals surface area (Å²) in [6, 6.07) is 0.768. The van der Waals surface area contributed by atoms with E-state index >= 15 is 0 Å². The molecule has 0 unspecified atom stereocenters. The molecular formula is C10H7F4N2O4. The standard InChI is InChI=1S/C10H7F4N2O4/c1-5-3-6(15(17)18)4-7(16(19)20)8(5)10(13,14)9(2,11)12/h3-4H,2H2,1H3. The van der Waals surface area contributed by atoms with Crippen molar-refractivity contribution in [3.8, 4) is 0 Å². The first-order valence-corrected chi connectivity index (χ1v) is 4.94. The Morgan fingerprint density at radius 1 is 1.10 bits per heavy atom. The lowest BCUT2D eigenvalue weighted by Gasteiger charge is -2.24. The number of nitro benzene ring substituents is 2. The minimum Gasteiger partial charge on any atom is -0.258 e. The second-order valence-corrected chi connectivity index (χ2v) is 3.95. The van der Waals surface area contributed by atoms with E-state index < -0.39 is 44.2 Å². The normalized spacial score (nSPS) is 12.3. The van der Waals surface area contributed by atoms with E-state index in [-0.39, 0.29) is 6.07 Å². The Kier molecular flexibility index (Phi) is 3.70. The maximum absolute atomic E-state index is 13.6. The summed E-state index contributed by atoms with van der Waals surface area (Å²) in [7, 11) is 0. The van der Waals surface area contributed by atoms with Crippen LogP contribution in [-0.4, -0.2) is 15.8 Å². The van der Waals surface area contributed by atoms with E-state index in [2.05, 4.69) is 0 Å². The lowest BCUT2D eigenvalue weighted by atomic mass is 9.96.